The van der Waals surface area contributed by atoms with Crippen molar-refractivity contribution >= 4 is 22.8 Å². The molecule has 2 amide bonds. The van der Waals surface area contributed by atoms with Crippen molar-refractivity contribution in [1.82, 2.24) is 10.2 Å². The minimum absolute atomic E-state index is 0.0722. The van der Waals surface area contributed by atoms with Gasteiger partial charge in [-0.3, -0.25) is 4.79 Å². The SMILES string of the molecule is CC(C)(C)NC(=O)O[C@H]1CCN(C(=O)C(c2ccc3ccccc3c2)C2(O)CCCCC2)C1. The Morgan fingerprint density at radius 1 is 1.09 bits per heavy atom. The molecule has 0 aromatic heterocycles. The largest absolute Gasteiger partial charge is 0.444 e. The molecular weight excluding hydrogens is 416 g/mol. The Morgan fingerprint density at radius 3 is 2.48 bits per heavy atom. The molecular formula is C27H36N2O4. The molecule has 2 aromatic carbocycles. The number of fused-ring (bicyclic) bond motifs is 1. The van der Waals surface area contributed by atoms with E-state index >= 15 is 0 Å². The molecule has 178 valence electrons. The van der Waals surface area contributed by atoms with Crippen LogP contribution < -0.4 is 5.32 Å². The van der Waals surface area contributed by atoms with Crippen LogP contribution in [0.2, 0.25) is 0 Å². The Morgan fingerprint density at radius 2 is 1.79 bits per heavy atom. The van der Waals surface area contributed by atoms with Crippen LogP contribution in [0, 0.1) is 0 Å². The quantitative estimate of drug-likeness (QED) is 0.702. The van der Waals surface area contributed by atoms with E-state index in [0.29, 0.717) is 32.4 Å². The first-order valence-corrected chi connectivity index (χ1v) is 12.1. The molecule has 1 unspecified atom stereocenters. The molecule has 4 rings (SSSR count). The molecule has 1 heterocycles. The van der Waals surface area contributed by atoms with Gasteiger partial charge in [0.1, 0.15) is 6.10 Å². The molecule has 6 nitrogen and oxygen atoms in total. The van der Waals surface area contributed by atoms with Gasteiger partial charge in [0.05, 0.1) is 18.1 Å². The third-order valence-corrected chi connectivity index (χ3v) is 6.82. The van der Waals surface area contributed by atoms with Crippen LogP contribution >= 0.6 is 0 Å². The maximum absolute atomic E-state index is 13.9. The number of carbonyl (C=O) groups excluding carboxylic acids is 2. The Hall–Kier alpha value is -2.60. The zero-order valence-corrected chi connectivity index (χ0v) is 20.0. The summed E-state index contributed by atoms with van der Waals surface area (Å²) in [4.78, 5) is 27.8. The van der Waals surface area contributed by atoms with Crippen LogP contribution in [0.15, 0.2) is 42.5 Å². The van der Waals surface area contributed by atoms with Crippen LogP contribution in [0.25, 0.3) is 10.8 Å². The Labute approximate surface area is 196 Å². The number of likely N-dealkylation sites (tertiary alicyclic amines) is 1. The van der Waals surface area contributed by atoms with E-state index in [-0.39, 0.29) is 17.6 Å². The Bertz CT molecular complexity index is 1010. The summed E-state index contributed by atoms with van der Waals surface area (Å²) >= 11 is 0. The molecule has 1 aliphatic carbocycles. The van der Waals surface area contributed by atoms with E-state index < -0.39 is 17.6 Å². The molecule has 0 bridgehead atoms. The lowest BCUT2D eigenvalue weighted by molar-refractivity contribution is -0.141. The van der Waals surface area contributed by atoms with Gasteiger partial charge >= 0.3 is 6.09 Å². The van der Waals surface area contributed by atoms with Gasteiger partial charge in [0.15, 0.2) is 0 Å². The highest BCUT2D eigenvalue weighted by Gasteiger charge is 2.46. The number of alkyl carbamates (subject to hydrolysis) is 1. The van der Waals surface area contributed by atoms with Crippen molar-refractivity contribution in [1.29, 1.82) is 0 Å². The highest BCUT2D eigenvalue weighted by atomic mass is 16.6. The molecule has 2 atom stereocenters. The molecule has 2 aliphatic rings. The lowest BCUT2D eigenvalue weighted by Gasteiger charge is -2.40. The molecule has 1 aliphatic heterocycles. The highest BCUT2D eigenvalue weighted by molar-refractivity contribution is 5.89. The van der Waals surface area contributed by atoms with Crippen molar-refractivity contribution in [2.24, 2.45) is 0 Å². The summed E-state index contributed by atoms with van der Waals surface area (Å²) in [5.41, 5.74) is -0.574. The van der Waals surface area contributed by atoms with E-state index in [1.165, 1.54) is 0 Å². The normalized spacial score (nSPS) is 21.6. The van der Waals surface area contributed by atoms with Gasteiger partial charge in [-0.15, -0.1) is 0 Å². The topological polar surface area (TPSA) is 78.9 Å². The number of nitrogens with zero attached hydrogens (tertiary/aromatic N) is 1. The molecule has 2 fully saturated rings. The van der Waals surface area contributed by atoms with E-state index in [1.54, 1.807) is 4.90 Å². The fraction of sp³-hybridized carbons (Fsp3) is 0.556. The average molecular weight is 453 g/mol. The third-order valence-electron chi connectivity index (χ3n) is 6.82. The van der Waals surface area contributed by atoms with Crippen molar-refractivity contribution in [3.05, 3.63) is 48.0 Å². The lowest BCUT2D eigenvalue weighted by atomic mass is 9.72. The first kappa shape index (κ1) is 23.6. The maximum atomic E-state index is 13.9. The van der Waals surface area contributed by atoms with E-state index in [2.05, 4.69) is 11.4 Å². The number of amides is 2. The number of hydrogen-bond donors (Lipinski definition) is 2. The maximum Gasteiger partial charge on any atom is 0.407 e. The standard InChI is InChI=1S/C27H36N2O4/c1-26(2,3)28-25(31)33-22-13-16-29(18-22)24(30)23(27(32)14-7-4-8-15-27)21-12-11-19-9-5-6-10-20(19)17-21/h5-6,9-12,17,22-23,32H,4,7-8,13-16,18H2,1-3H3,(H,28,31)/t22-,23?/m0/s1. The summed E-state index contributed by atoms with van der Waals surface area (Å²) in [6, 6.07) is 14.1. The predicted molar refractivity (Wildman–Crippen MR) is 129 cm³/mol. The van der Waals surface area contributed by atoms with Gasteiger partial charge in [0.25, 0.3) is 0 Å². The van der Waals surface area contributed by atoms with Crippen LogP contribution in [0.5, 0.6) is 0 Å². The van der Waals surface area contributed by atoms with Crippen molar-refractivity contribution in [3.63, 3.8) is 0 Å². The summed E-state index contributed by atoms with van der Waals surface area (Å²) < 4.78 is 5.58. The Kier molecular flexibility index (Phi) is 6.66. The third kappa shape index (κ3) is 5.49. The summed E-state index contributed by atoms with van der Waals surface area (Å²) in [7, 11) is 0. The summed E-state index contributed by atoms with van der Waals surface area (Å²) in [6.45, 7) is 6.58. The van der Waals surface area contributed by atoms with E-state index in [0.717, 1.165) is 35.6 Å². The van der Waals surface area contributed by atoms with Crippen LogP contribution in [-0.2, 0) is 9.53 Å². The fourth-order valence-corrected chi connectivity index (χ4v) is 5.22. The van der Waals surface area contributed by atoms with Gasteiger partial charge in [-0.1, -0.05) is 61.7 Å². The van der Waals surface area contributed by atoms with E-state index in [9.17, 15) is 14.7 Å². The van der Waals surface area contributed by atoms with Gasteiger partial charge in [-0.05, 0) is 49.9 Å². The first-order chi connectivity index (χ1) is 15.6. The molecule has 1 saturated carbocycles. The minimum atomic E-state index is -1.06. The van der Waals surface area contributed by atoms with Crippen LogP contribution in [0.3, 0.4) is 0 Å². The monoisotopic (exact) mass is 452 g/mol. The smallest absolute Gasteiger partial charge is 0.407 e. The lowest BCUT2D eigenvalue weighted by Crippen LogP contribution is -2.48. The van der Waals surface area contributed by atoms with Gasteiger partial charge in [-0.2, -0.15) is 0 Å². The molecule has 2 N–H and O–H groups in total. The molecule has 0 radical (unpaired) electrons. The van der Waals surface area contributed by atoms with Gasteiger partial charge in [-0.25, -0.2) is 4.79 Å². The average Bonchev–Trinajstić information content (AvgIpc) is 3.21. The van der Waals surface area contributed by atoms with E-state index in [1.807, 2.05) is 57.2 Å². The molecule has 1 saturated heterocycles. The van der Waals surface area contributed by atoms with Gasteiger partial charge in [0, 0.05) is 18.5 Å². The minimum Gasteiger partial charge on any atom is -0.444 e. The number of aliphatic hydroxyl groups is 1. The first-order valence-electron chi connectivity index (χ1n) is 12.1. The summed E-state index contributed by atoms with van der Waals surface area (Å²) in [5, 5.41) is 16.7. The number of rotatable bonds is 4. The number of carbonyl (C=O) groups is 2. The van der Waals surface area contributed by atoms with Crippen LogP contribution in [0.4, 0.5) is 4.79 Å². The van der Waals surface area contributed by atoms with E-state index in [4.69, 9.17) is 4.74 Å². The van der Waals surface area contributed by atoms with Crippen molar-refractivity contribution < 1.29 is 19.4 Å². The Balaban J connectivity index is 1.56. The van der Waals surface area contributed by atoms with Gasteiger partial charge in [0.2, 0.25) is 5.91 Å². The second kappa shape index (κ2) is 9.34. The number of nitrogens with one attached hydrogen (secondary N) is 1. The second-order valence-electron chi connectivity index (χ2n) is 10.7. The summed E-state index contributed by atoms with van der Waals surface area (Å²) in [6.07, 6.45) is 3.98. The summed E-state index contributed by atoms with van der Waals surface area (Å²) in [5.74, 6) is -0.693. The van der Waals surface area contributed by atoms with Crippen molar-refractivity contribution in [2.45, 2.75) is 82.5 Å². The number of hydrogen-bond acceptors (Lipinski definition) is 4. The molecule has 2 aromatic rings. The van der Waals surface area contributed by atoms with Gasteiger partial charge < -0.3 is 20.1 Å². The molecule has 6 heteroatoms. The highest BCUT2D eigenvalue weighted by Crippen LogP contribution is 2.42. The van der Waals surface area contributed by atoms with Crippen molar-refractivity contribution in [3.8, 4) is 0 Å². The number of ether oxygens (including phenoxy) is 1. The predicted octanol–water partition coefficient (Wildman–Crippen LogP) is 4.74. The zero-order valence-electron chi connectivity index (χ0n) is 20.0. The van der Waals surface area contributed by atoms with Crippen LogP contribution in [-0.4, -0.2) is 52.3 Å². The fourth-order valence-electron chi connectivity index (χ4n) is 5.22. The second-order valence-corrected chi connectivity index (χ2v) is 10.7. The molecule has 0 spiro atoms. The zero-order chi connectivity index (χ0) is 23.6. The van der Waals surface area contributed by atoms with Crippen molar-refractivity contribution in [2.75, 3.05) is 13.1 Å². The van der Waals surface area contributed by atoms with Crippen LogP contribution in [0.1, 0.15) is 70.8 Å². The number of benzene rings is 2. The molecule has 33 heavy (non-hydrogen) atoms.